The summed E-state index contributed by atoms with van der Waals surface area (Å²) in [5, 5.41) is 10.9. The summed E-state index contributed by atoms with van der Waals surface area (Å²) >= 11 is 0. The Kier molecular flexibility index (Phi) is 5.29. The number of rotatable bonds is 7. The highest BCUT2D eigenvalue weighted by molar-refractivity contribution is 5.80. The van der Waals surface area contributed by atoms with Crippen molar-refractivity contribution in [1.82, 2.24) is 15.4 Å². The van der Waals surface area contributed by atoms with Gasteiger partial charge in [-0.15, -0.1) is 0 Å². The number of pyridine rings is 2. The zero-order chi connectivity index (χ0) is 21.3. The van der Waals surface area contributed by atoms with Crippen LogP contribution in [0.25, 0.3) is 10.9 Å². The quantitative estimate of drug-likeness (QED) is 0.553. The molecule has 3 aromatic rings. The summed E-state index contributed by atoms with van der Waals surface area (Å²) in [6, 6.07) is 15.6. The van der Waals surface area contributed by atoms with Gasteiger partial charge >= 0.3 is 5.97 Å². The number of fused-ring (bicyclic) bond motifs is 1. The summed E-state index contributed by atoms with van der Waals surface area (Å²) in [5.41, 5.74) is 3.92. The Morgan fingerprint density at radius 2 is 1.97 bits per heavy atom. The Hall–Kier alpha value is -3.03. The van der Waals surface area contributed by atoms with Crippen LogP contribution in [0.2, 0.25) is 0 Å². The first kappa shape index (κ1) is 19.9. The number of aliphatic carboxylic acids is 1. The van der Waals surface area contributed by atoms with Crippen molar-refractivity contribution in [2.45, 2.75) is 50.4 Å². The van der Waals surface area contributed by atoms with Crippen molar-refractivity contribution < 1.29 is 19.5 Å². The number of carboxylic acid groups (broad SMARTS) is 1. The number of hydrogen-bond acceptors (Lipinski definition) is 6. The SMILES string of the molecule is O=C(O)C1(C(c2ccc(OCc3ccc4ccccc4n3)nc2)C2CCCCC2)NO1. The predicted octanol–water partition coefficient (Wildman–Crippen LogP) is 4.19. The van der Waals surface area contributed by atoms with E-state index in [1.165, 1.54) is 6.42 Å². The molecule has 31 heavy (non-hydrogen) atoms. The molecule has 0 spiro atoms. The smallest absolute Gasteiger partial charge is 0.356 e. The zero-order valence-corrected chi connectivity index (χ0v) is 17.2. The van der Waals surface area contributed by atoms with E-state index < -0.39 is 11.7 Å². The second kappa shape index (κ2) is 8.24. The van der Waals surface area contributed by atoms with E-state index in [2.05, 4.69) is 15.4 Å². The third-order valence-corrected chi connectivity index (χ3v) is 6.34. The maximum absolute atomic E-state index is 11.9. The minimum atomic E-state index is -1.35. The lowest BCUT2D eigenvalue weighted by Gasteiger charge is -2.31. The summed E-state index contributed by atoms with van der Waals surface area (Å²) in [6.45, 7) is 0.312. The third kappa shape index (κ3) is 3.98. The normalized spacial score (nSPS) is 22.2. The van der Waals surface area contributed by atoms with Gasteiger partial charge in [0, 0.05) is 23.6 Å². The van der Waals surface area contributed by atoms with Crippen LogP contribution in [-0.2, 0) is 16.2 Å². The molecule has 1 aromatic carbocycles. The number of nitrogens with zero attached hydrogens (tertiary/aromatic N) is 2. The number of nitrogens with one attached hydrogen (secondary N) is 1. The Labute approximate surface area is 180 Å². The number of hydrogen-bond donors (Lipinski definition) is 2. The third-order valence-electron chi connectivity index (χ3n) is 6.34. The van der Waals surface area contributed by atoms with Crippen molar-refractivity contribution in [2.24, 2.45) is 5.92 Å². The van der Waals surface area contributed by atoms with Gasteiger partial charge in [0.2, 0.25) is 5.88 Å². The number of carboxylic acids is 1. The van der Waals surface area contributed by atoms with Crippen molar-refractivity contribution in [3.63, 3.8) is 0 Å². The molecule has 2 atom stereocenters. The second-order valence-corrected chi connectivity index (χ2v) is 8.33. The molecule has 0 amide bonds. The predicted molar refractivity (Wildman–Crippen MR) is 114 cm³/mol. The number of ether oxygens (including phenoxy) is 1. The molecule has 160 valence electrons. The molecule has 7 nitrogen and oxygen atoms in total. The zero-order valence-electron chi connectivity index (χ0n) is 17.2. The standard InChI is InChI=1S/C24H25N3O4/c28-23(29)24(27-31-24)22(17-7-2-1-3-8-17)18-11-13-21(25-14-18)30-15-19-12-10-16-6-4-5-9-20(16)26-19/h4-6,9-14,17,22,27H,1-3,7-8,15H2,(H,28,29). The van der Waals surface area contributed by atoms with Gasteiger partial charge in [-0.1, -0.05) is 49.6 Å². The van der Waals surface area contributed by atoms with Gasteiger partial charge in [-0.2, -0.15) is 5.48 Å². The van der Waals surface area contributed by atoms with Crippen molar-refractivity contribution in [2.75, 3.05) is 0 Å². The topological polar surface area (TPSA) is 107 Å². The van der Waals surface area contributed by atoms with Crippen molar-refractivity contribution in [1.29, 1.82) is 0 Å². The highest BCUT2D eigenvalue weighted by Gasteiger charge is 2.62. The van der Waals surface area contributed by atoms with Crippen molar-refractivity contribution >= 4 is 16.9 Å². The molecule has 7 heteroatoms. The summed E-state index contributed by atoms with van der Waals surface area (Å²) in [5.74, 6) is -0.537. The Bertz CT molecular complexity index is 1080. The molecule has 2 N–H and O–H groups in total. The molecule has 2 aliphatic rings. The molecule has 5 rings (SSSR count). The van der Waals surface area contributed by atoms with E-state index in [4.69, 9.17) is 9.57 Å². The van der Waals surface area contributed by atoms with Crippen LogP contribution < -0.4 is 10.2 Å². The molecule has 0 radical (unpaired) electrons. The fraction of sp³-hybridized carbons (Fsp3) is 0.375. The van der Waals surface area contributed by atoms with Crippen molar-refractivity contribution in [3.8, 4) is 5.88 Å². The Morgan fingerprint density at radius 3 is 2.68 bits per heavy atom. The van der Waals surface area contributed by atoms with Crippen LogP contribution in [0.5, 0.6) is 5.88 Å². The van der Waals surface area contributed by atoms with E-state index in [1.54, 1.807) is 12.3 Å². The highest BCUT2D eigenvalue weighted by Crippen LogP contribution is 2.47. The first-order chi connectivity index (χ1) is 15.2. The molecule has 1 aliphatic carbocycles. The van der Waals surface area contributed by atoms with E-state index in [0.29, 0.717) is 12.5 Å². The molecular weight excluding hydrogens is 394 g/mol. The first-order valence-corrected chi connectivity index (χ1v) is 10.8. The lowest BCUT2D eigenvalue weighted by molar-refractivity contribution is -0.145. The fourth-order valence-electron chi connectivity index (χ4n) is 4.71. The van der Waals surface area contributed by atoms with E-state index in [0.717, 1.165) is 47.8 Å². The van der Waals surface area contributed by atoms with Gasteiger partial charge in [0.15, 0.2) is 0 Å². The Morgan fingerprint density at radius 1 is 1.16 bits per heavy atom. The van der Waals surface area contributed by atoms with Crippen LogP contribution in [0.4, 0.5) is 0 Å². The van der Waals surface area contributed by atoms with Crippen LogP contribution >= 0.6 is 0 Å². The molecule has 0 bridgehead atoms. The minimum absolute atomic E-state index is 0.246. The highest BCUT2D eigenvalue weighted by atomic mass is 16.8. The van der Waals surface area contributed by atoms with Crippen LogP contribution in [0.15, 0.2) is 54.7 Å². The molecule has 3 heterocycles. The lowest BCUT2D eigenvalue weighted by atomic mass is 9.73. The number of carbonyl (C=O) groups is 1. The van der Waals surface area contributed by atoms with Gasteiger partial charge in [-0.05, 0) is 36.5 Å². The molecule has 1 saturated heterocycles. The maximum Gasteiger partial charge on any atom is 0.356 e. The van der Waals surface area contributed by atoms with Gasteiger partial charge in [0.25, 0.3) is 5.72 Å². The van der Waals surface area contributed by atoms with Gasteiger partial charge in [0.05, 0.1) is 11.2 Å². The summed E-state index contributed by atoms with van der Waals surface area (Å²) in [6.07, 6.45) is 7.14. The molecule has 1 saturated carbocycles. The lowest BCUT2D eigenvalue weighted by Crippen LogP contribution is -2.39. The first-order valence-electron chi connectivity index (χ1n) is 10.8. The number of benzene rings is 1. The van der Waals surface area contributed by atoms with Crippen molar-refractivity contribution in [3.05, 3.63) is 66.0 Å². The van der Waals surface area contributed by atoms with Crippen LogP contribution in [0, 0.1) is 5.92 Å². The van der Waals surface area contributed by atoms with Gasteiger partial charge in [-0.3, -0.25) is 4.84 Å². The van der Waals surface area contributed by atoms with E-state index >= 15 is 0 Å². The average Bonchev–Trinajstić information content (AvgIpc) is 3.61. The molecule has 2 aromatic heterocycles. The van der Waals surface area contributed by atoms with Gasteiger partial charge in [-0.25, -0.2) is 14.8 Å². The second-order valence-electron chi connectivity index (χ2n) is 8.33. The van der Waals surface area contributed by atoms with Crippen LogP contribution in [0.1, 0.15) is 49.3 Å². The summed E-state index contributed by atoms with van der Waals surface area (Å²) < 4.78 is 5.83. The van der Waals surface area contributed by atoms with Gasteiger partial charge in [0.1, 0.15) is 6.61 Å². The molecule has 2 fully saturated rings. The number of hydroxylamine groups is 1. The molecule has 2 unspecified atom stereocenters. The van der Waals surface area contributed by atoms with Crippen LogP contribution in [0.3, 0.4) is 0 Å². The number of aromatic nitrogens is 2. The number of para-hydroxylation sites is 1. The van der Waals surface area contributed by atoms with E-state index in [9.17, 15) is 9.90 Å². The van der Waals surface area contributed by atoms with E-state index in [1.807, 2.05) is 42.5 Å². The average molecular weight is 419 g/mol. The molecule has 1 aliphatic heterocycles. The minimum Gasteiger partial charge on any atom is -0.478 e. The summed E-state index contributed by atoms with van der Waals surface area (Å²) in [4.78, 5) is 26.3. The van der Waals surface area contributed by atoms with E-state index in [-0.39, 0.29) is 11.8 Å². The maximum atomic E-state index is 11.9. The van der Waals surface area contributed by atoms with Gasteiger partial charge < -0.3 is 9.84 Å². The fourth-order valence-corrected chi connectivity index (χ4v) is 4.71. The largest absolute Gasteiger partial charge is 0.478 e. The van der Waals surface area contributed by atoms with Crippen LogP contribution in [-0.4, -0.2) is 26.8 Å². The monoisotopic (exact) mass is 419 g/mol. The molecular formula is C24H25N3O4. The summed E-state index contributed by atoms with van der Waals surface area (Å²) in [7, 11) is 0. The Balaban J connectivity index is 1.32.